The molecule has 2 fully saturated rings. The van der Waals surface area contributed by atoms with Crippen LogP contribution in [0.2, 0.25) is 0 Å². The Morgan fingerprint density at radius 2 is 2.35 bits per heavy atom. The zero-order valence-corrected chi connectivity index (χ0v) is 13.4. The van der Waals surface area contributed by atoms with Crippen molar-refractivity contribution in [3.05, 3.63) is 22.6 Å². The van der Waals surface area contributed by atoms with E-state index in [1.54, 1.807) is 0 Å². The van der Waals surface area contributed by atoms with Gasteiger partial charge in [-0.1, -0.05) is 0 Å². The first kappa shape index (κ1) is 14.6. The molecule has 1 aromatic heterocycles. The van der Waals surface area contributed by atoms with Crippen molar-refractivity contribution in [2.24, 2.45) is 5.92 Å². The quantitative estimate of drug-likeness (QED) is 0.916. The Morgan fingerprint density at radius 3 is 3.05 bits per heavy atom. The Bertz CT molecular complexity index is 460. The Labute approximate surface area is 128 Å². The molecule has 3 heterocycles. The van der Waals surface area contributed by atoms with Crippen molar-refractivity contribution in [3.8, 4) is 0 Å². The number of nitrogens with zero attached hydrogens (tertiary/aromatic N) is 1. The SMILES string of the molecule is C[C@]1(O)CCOC[C@H]1[C@H]1CCCN1Cc1ccc(Br)o1. The summed E-state index contributed by atoms with van der Waals surface area (Å²) < 4.78 is 12.0. The van der Waals surface area contributed by atoms with Crippen LogP contribution >= 0.6 is 15.9 Å². The summed E-state index contributed by atoms with van der Waals surface area (Å²) in [7, 11) is 0. The summed E-state index contributed by atoms with van der Waals surface area (Å²) in [4.78, 5) is 2.43. The molecule has 0 saturated carbocycles. The highest BCUT2D eigenvalue weighted by Crippen LogP contribution is 2.36. The minimum atomic E-state index is -0.616. The van der Waals surface area contributed by atoms with E-state index in [-0.39, 0.29) is 5.92 Å². The Balaban J connectivity index is 1.71. The van der Waals surface area contributed by atoms with Crippen molar-refractivity contribution in [1.29, 1.82) is 0 Å². The minimum absolute atomic E-state index is 0.192. The highest BCUT2D eigenvalue weighted by molar-refractivity contribution is 9.10. The monoisotopic (exact) mass is 343 g/mol. The molecular formula is C15H22BrNO3. The van der Waals surface area contributed by atoms with Crippen molar-refractivity contribution < 1.29 is 14.3 Å². The van der Waals surface area contributed by atoms with Crippen molar-refractivity contribution in [3.63, 3.8) is 0 Å². The van der Waals surface area contributed by atoms with Gasteiger partial charge in [-0.3, -0.25) is 4.90 Å². The molecule has 20 heavy (non-hydrogen) atoms. The Kier molecular flexibility index (Phi) is 4.22. The summed E-state index contributed by atoms with van der Waals surface area (Å²) >= 11 is 3.35. The van der Waals surface area contributed by atoms with E-state index in [4.69, 9.17) is 9.15 Å². The van der Waals surface area contributed by atoms with Gasteiger partial charge in [0.1, 0.15) is 5.76 Å². The number of likely N-dealkylation sites (tertiary alicyclic amines) is 1. The maximum atomic E-state index is 10.6. The van der Waals surface area contributed by atoms with Crippen LogP contribution in [0.1, 0.15) is 31.9 Å². The molecule has 0 spiro atoms. The average Bonchev–Trinajstić information content (AvgIpc) is 2.99. The third-order valence-electron chi connectivity index (χ3n) is 4.72. The lowest BCUT2D eigenvalue weighted by atomic mass is 9.79. The molecule has 0 aromatic carbocycles. The summed E-state index contributed by atoms with van der Waals surface area (Å²) in [6.07, 6.45) is 3.04. The molecule has 3 atom stereocenters. The molecule has 0 radical (unpaired) electrons. The number of hydrogen-bond acceptors (Lipinski definition) is 4. The fraction of sp³-hybridized carbons (Fsp3) is 0.733. The predicted octanol–water partition coefficient (Wildman–Crippen LogP) is 2.79. The first-order valence-electron chi connectivity index (χ1n) is 7.35. The fourth-order valence-corrected chi connectivity index (χ4v) is 3.86. The molecule has 0 bridgehead atoms. The van der Waals surface area contributed by atoms with E-state index in [1.165, 1.54) is 6.42 Å². The number of rotatable bonds is 3. The van der Waals surface area contributed by atoms with E-state index < -0.39 is 5.60 Å². The molecule has 112 valence electrons. The van der Waals surface area contributed by atoms with Gasteiger partial charge in [0.15, 0.2) is 4.67 Å². The summed E-state index contributed by atoms with van der Waals surface area (Å²) in [5, 5.41) is 10.6. The highest BCUT2D eigenvalue weighted by Gasteiger charge is 2.44. The van der Waals surface area contributed by atoms with Gasteiger partial charge in [-0.25, -0.2) is 0 Å². The van der Waals surface area contributed by atoms with Gasteiger partial charge in [0, 0.05) is 18.6 Å². The zero-order valence-electron chi connectivity index (χ0n) is 11.8. The Morgan fingerprint density at radius 1 is 1.50 bits per heavy atom. The molecule has 0 amide bonds. The molecule has 0 unspecified atom stereocenters. The van der Waals surface area contributed by atoms with E-state index in [9.17, 15) is 5.11 Å². The molecule has 2 aliphatic rings. The number of aliphatic hydroxyl groups is 1. The van der Waals surface area contributed by atoms with E-state index in [2.05, 4.69) is 20.8 Å². The van der Waals surface area contributed by atoms with Crippen LogP contribution in [0.25, 0.3) is 0 Å². The van der Waals surface area contributed by atoms with Gasteiger partial charge in [-0.05, 0) is 60.8 Å². The molecule has 3 rings (SSSR count). The van der Waals surface area contributed by atoms with Gasteiger partial charge in [-0.2, -0.15) is 0 Å². The number of furan rings is 1. The van der Waals surface area contributed by atoms with Gasteiger partial charge in [0.25, 0.3) is 0 Å². The molecule has 4 nitrogen and oxygen atoms in total. The molecule has 1 N–H and O–H groups in total. The van der Waals surface area contributed by atoms with Crippen molar-refractivity contribution >= 4 is 15.9 Å². The van der Waals surface area contributed by atoms with Crippen molar-refractivity contribution in [2.75, 3.05) is 19.8 Å². The standard InChI is InChI=1S/C15H22BrNO3/c1-15(18)6-8-19-10-12(15)13-3-2-7-17(13)9-11-4-5-14(16)20-11/h4-5,12-13,18H,2-3,6-10H2,1H3/t12-,13+,15-/m0/s1. The van der Waals surface area contributed by atoms with E-state index in [1.807, 2.05) is 19.1 Å². The second-order valence-corrected chi connectivity index (χ2v) is 6.96. The van der Waals surface area contributed by atoms with Crippen LogP contribution in [0.3, 0.4) is 0 Å². The van der Waals surface area contributed by atoms with Crippen LogP contribution in [0, 0.1) is 5.92 Å². The molecule has 1 aromatic rings. The van der Waals surface area contributed by atoms with Gasteiger partial charge in [-0.15, -0.1) is 0 Å². The second kappa shape index (κ2) is 5.79. The van der Waals surface area contributed by atoms with E-state index in [0.29, 0.717) is 19.3 Å². The lowest BCUT2D eigenvalue weighted by Crippen LogP contribution is -2.52. The van der Waals surface area contributed by atoms with Crippen LogP contribution < -0.4 is 0 Å². The van der Waals surface area contributed by atoms with Crippen LogP contribution in [0.4, 0.5) is 0 Å². The third kappa shape index (κ3) is 2.96. The number of halogens is 1. The van der Waals surface area contributed by atoms with Gasteiger partial charge in [0.2, 0.25) is 0 Å². The highest BCUT2D eigenvalue weighted by atomic mass is 79.9. The average molecular weight is 344 g/mol. The topological polar surface area (TPSA) is 45.8 Å². The molecule has 2 aliphatic heterocycles. The van der Waals surface area contributed by atoms with E-state index >= 15 is 0 Å². The van der Waals surface area contributed by atoms with Gasteiger partial charge >= 0.3 is 0 Å². The van der Waals surface area contributed by atoms with Gasteiger partial charge in [0.05, 0.1) is 18.8 Å². The van der Waals surface area contributed by atoms with Gasteiger partial charge < -0.3 is 14.3 Å². The summed E-state index contributed by atoms with van der Waals surface area (Å²) in [5.41, 5.74) is -0.616. The minimum Gasteiger partial charge on any atom is -0.453 e. The zero-order chi connectivity index (χ0) is 14.2. The molecule has 5 heteroatoms. The summed E-state index contributed by atoms with van der Waals surface area (Å²) in [6, 6.07) is 4.32. The fourth-order valence-electron chi connectivity index (χ4n) is 3.52. The largest absolute Gasteiger partial charge is 0.453 e. The molecular weight excluding hydrogens is 322 g/mol. The lowest BCUT2D eigenvalue weighted by molar-refractivity contribution is -0.124. The number of hydrogen-bond donors (Lipinski definition) is 1. The van der Waals surface area contributed by atoms with E-state index in [0.717, 1.165) is 36.4 Å². The maximum absolute atomic E-state index is 10.6. The van der Waals surface area contributed by atoms with Crippen molar-refractivity contribution in [1.82, 2.24) is 4.90 Å². The lowest BCUT2D eigenvalue weighted by Gasteiger charge is -2.43. The van der Waals surface area contributed by atoms with Crippen LogP contribution in [-0.4, -0.2) is 41.4 Å². The molecule has 2 saturated heterocycles. The predicted molar refractivity (Wildman–Crippen MR) is 79.4 cm³/mol. The third-order valence-corrected chi connectivity index (χ3v) is 5.14. The normalized spacial score (nSPS) is 35.5. The first-order valence-corrected chi connectivity index (χ1v) is 8.14. The maximum Gasteiger partial charge on any atom is 0.169 e. The van der Waals surface area contributed by atoms with Crippen LogP contribution in [-0.2, 0) is 11.3 Å². The van der Waals surface area contributed by atoms with Crippen LogP contribution in [0.5, 0.6) is 0 Å². The summed E-state index contributed by atoms with van der Waals surface area (Å²) in [6.45, 7) is 5.16. The Hall–Kier alpha value is -0.360. The summed E-state index contributed by atoms with van der Waals surface area (Å²) in [5.74, 6) is 1.16. The number of ether oxygens (including phenoxy) is 1. The smallest absolute Gasteiger partial charge is 0.169 e. The second-order valence-electron chi connectivity index (χ2n) is 6.17. The van der Waals surface area contributed by atoms with Crippen molar-refractivity contribution in [2.45, 2.75) is 44.4 Å². The first-order chi connectivity index (χ1) is 9.56. The van der Waals surface area contributed by atoms with Crippen LogP contribution in [0.15, 0.2) is 21.2 Å². The molecule has 0 aliphatic carbocycles.